The molecule has 21 heavy (non-hydrogen) atoms. The minimum atomic E-state index is -0.264. The van der Waals surface area contributed by atoms with E-state index in [4.69, 9.17) is 11.6 Å². The number of hydrogen-bond donors (Lipinski definition) is 1. The van der Waals surface area contributed by atoms with Crippen LogP contribution in [-0.2, 0) is 0 Å². The molecule has 3 heterocycles. The van der Waals surface area contributed by atoms with Crippen molar-refractivity contribution >= 4 is 29.0 Å². The van der Waals surface area contributed by atoms with Crippen LogP contribution in [-0.4, -0.2) is 20.3 Å². The van der Waals surface area contributed by atoms with Crippen molar-refractivity contribution in [2.45, 2.75) is 13.8 Å². The molecule has 1 N–H and O–H groups in total. The van der Waals surface area contributed by atoms with Gasteiger partial charge in [0.25, 0.3) is 5.91 Å². The molecule has 6 heteroatoms. The fraction of sp³-hybridized carbons (Fsp3) is 0.133. The number of amides is 1. The molecule has 0 unspecified atom stereocenters. The molecule has 5 nitrogen and oxygen atoms in total. The molecule has 1 amide bonds. The molecule has 106 valence electrons. The van der Waals surface area contributed by atoms with Gasteiger partial charge >= 0.3 is 0 Å². The van der Waals surface area contributed by atoms with E-state index < -0.39 is 0 Å². The second-order valence-electron chi connectivity index (χ2n) is 4.73. The van der Waals surface area contributed by atoms with Crippen LogP contribution < -0.4 is 5.32 Å². The first-order chi connectivity index (χ1) is 10.1. The number of rotatable bonds is 2. The number of hydrogen-bond acceptors (Lipinski definition) is 3. The molecule has 0 aliphatic heterocycles. The van der Waals surface area contributed by atoms with Crippen LogP contribution in [0.3, 0.4) is 0 Å². The van der Waals surface area contributed by atoms with Gasteiger partial charge in [-0.15, -0.1) is 0 Å². The number of fused-ring (bicyclic) bond motifs is 1. The summed E-state index contributed by atoms with van der Waals surface area (Å²) in [6.45, 7) is 3.77. The molecule has 0 aliphatic rings. The van der Waals surface area contributed by atoms with Crippen LogP contribution in [0.2, 0.25) is 5.15 Å². The number of carbonyl (C=O) groups excluding carboxylic acids is 1. The van der Waals surface area contributed by atoms with Crippen molar-refractivity contribution in [3.05, 3.63) is 58.6 Å². The number of halogens is 1. The van der Waals surface area contributed by atoms with Crippen LogP contribution in [0.5, 0.6) is 0 Å². The van der Waals surface area contributed by atoms with Gasteiger partial charge in [0.05, 0.1) is 5.69 Å². The molecule has 0 saturated heterocycles. The van der Waals surface area contributed by atoms with Gasteiger partial charge in [-0.1, -0.05) is 23.7 Å². The summed E-state index contributed by atoms with van der Waals surface area (Å²) in [5, 5.41) is 3.07. The van der Waals surface area contributed by atoms with Crippen LogP contribution in [0.1, 0.15) is 21.7 Å². The maximum absolute atomic E-state index is 12.5. The third-order valence-electron chi connectivity index (χ3n) is 3.19. The Labute approximate surface area is 126 Å². The van der Waals surface area contributed by atoms with Gasteiger partial charge in [0.2, 0.25) is 0 Å². The van der Waals surface area contributed by atoms with Gasteiger partial charge in [-0.05, 0) is 37.6 Å². The van der Waals surface area contributed by atoms with Crippen molar-refractivity contribution in [1.82, 2.24) is 14.4 Å². The predicted molar refractivity (Wildman–Crippen MR) is 81.9 cm³/mol. The van der Waals surface area contributed by atoms with E-state index >= 15 is 0 Å². The van der Waals surface area contributed by atoms with E-state index in [1.54, 1.807) is 22.6 Å². The minimum Gasteiger partial charge on any atom is -0.305 e. The molecule has 0 aliphatic carbocycles. The van der Waals surface area contributed by atoms with E-state index in [0.717, 1.165) is 11.2 Å². The summed E-state index contributed by atoms with van der Waals surface area (Å²) < 4.78 is 1.78. The maximum Gasteiger partial charge on any atom is 0.275 e. The van der Waals surface area contributed by atoms with Crippen LogP contribution >= 0.6 is 11.6 Å². The number of imidazole rings is 1. The first-order valence-electron chi connectivity index (χ1n) is 6.44. The van der Waals surface area contributed by atoms with Gasteiger partial charge in [0.15, 0.2) is 0 Å². The van der Waals surface area contributed by atoms with Crippen molar-refractivity contribution in [2.24, 2.45) is 0 Å². The lowest BCUT2D eigenvalue weighted by atomic mass is 10.3. The zero-order chi connectivity index (χ0) is 15.0. The lowest BCUT2D eigenvalue weighted by Gasteiger charge is -2.06. The van der Waals surface area contributed by atoms with Gasteiger partial charge in [-0.3, -0.25) is 9.20 Å². The van der Waals surface area contributed by atoms with Crippen molar-refractivity contribution in [3.8, 4) is 0 Å². The van der Waals surface area contributed by atoms with E-state index in [-0.39, 0.29) is 5.91 Å². The molecule has 0 spiro atoms. The molecule has 0 aromatic carbocycles. The number of aromatic nitrogens is 3. The molecule has 3 aromatic heterocycles. The number of carbonyl (C=O) groups is 1. The van der Waals surface area contributed by atoms with Crippen molar-refractivity contribution in [1.29, 1.82) is 0 Å². The largest absolute Gasteiger partial charge is 0.305 e. The second-order valence-corrected chi connectivity index (χ2v) is 5.12. The topological polar surface area (TPSA) is 59.3 Å². The Morgan fingerprint density at radius 3 is 2.76 bits per heavy atom. The highest BCUT2D eigenvalue weighted by atomic mass is 35.5. The average molecular weight is 301 g/mol. The number of nitrogens with zero attached hydrogens (tertiary/aromatic N) is 3. The third-order valence-corrected chi connectivity index (χ3v) is 3.40. The van der Waals surface area contributed by atoms with Crippen molar-refractivity contribution < 1.29 is 4.79 Å². The van der Waals surface area contributed by atoms with E-state index in [9.17, 15) is 4.79 Å². The smallest absolute Gasteiger partial charge is 0.275 e. The first-order valence-corrected chi connectivity index (χ1v) is 6.82. The monoisotopic (exact) mass is 300 g/mol. The fourth-order valence-electron chi connectivity index (χ4n) is 2.24. The van der Waals surface area contributed by atoms with E-state index in [1.165, 1.54) is 0 Å². The van der Waals surface area contributed by atoms with Crippen LogP contribution in [0, 0.1) is 13.8 Å². The molecule has 0 radical (unpaired) electrons. The summed E-state index contributed by atoms with van der Waals surface area (Å²) in [4.78, 5) is 21.0. The lowest BCUT2D eigenvalue weighted by molar-refractivity contribution is 0.102. The zero-order valence-corrected chi connectivity index (χ0v) is 12.3. The number of anilines is 1. The molecule has 0 atom stereocenters. The lowest BCUT2D eigenvalue weighted by Crippen LogP contribution is -2.16. The van der Waals surface area contributed by atoms with E-state index in [2.05, 4.69) is 15.3 Å². The molecule has 3 rings (SSSR count). The second kappa shape index (κ2) is 5.18. The van der Waals surface area contributed by atoms with E-state index in [0.29, 0.717) is 22.4 Å². The highest BCUT2D eigenvalue weighted by Crippen LogP contribution is 2.17. The first kappa shape index (κ1) is 13.6. The summed E-state index contributed by atoms with van der Waals surface area (Å²) >= 11 is 5.82. The Morgan fingerprint density at radius 2 is 2.00 bits per heavy atom. The highest BCUT2D eigenvalue weighted by Gasteiger charge is 2.17. The van der Waals surface area contributed by atoms with Gasteiger partial charge < -0.3 is 5.32 Å². The number of pyridine rings is 2. The molecule has 0 bridgehead atoms. The average Bonchev–Trinajstić information content (AvgIpc) is 2.76. The SMILES string of the molecule is Cc1nc2c(C)cccn2c1C(=O)Nc1cccc(Cl)n1. The van der Waals surface area contributed by atoms with Crippen LogP contribution in [0.4, 0.5) is 5.82 Å². The van der Waals surface area contributed by atoms with Gasteiger partial charge in [-0.2, -0.15) is 0 Å². The fourth-order valence-corrected chi connectivity index (χ4v) is 2.41. The molecular formula is C15H13ClN4O. The highest BCUT2D eigenvalue weighted by molar-refractivity contribution is 6.29. The summed E-state index contributed by atoms with van der Waals surface area (Å²) in [7, 11) is 0. The Kier molecular flexibility index (Phi) is 3.35. The summed E-state index contributed by atoms with van der Waals surface area (Å²) in [6, 6.07) is 8.92. The standard InChI is InChI=1S/C15H13ClN4O/c1-9-5-4-8-20-13(10(2)17-14(9)20)15(21)19-12-7-3-6-11(16)18-12/h3-8H,1-2H3,(H,18,19,21). The Hall–Kier alpha value is -2.40. The predicted octanol–water partition coefficient (Wildman–Crippen LogP) is 3.25. The Morgan fingerprint density at radius 1 is 1.19 bits per heavy atom. The van der Waals surface area contributed by atoms with Crippen LogP contribution in [0.25, 0.3) is 5.65 Å². The third kappa shape index (κ3) is 2.48. The van der Waals surface area contributed by atoms with Gasteiger partial charge in [0.1, 0.15) is 22.3 Å². The Bertz CT molecular complexity index is 841. The van der Waals surface area contributed by atoms with Gasteiger partial charge in [0, 0.05) is 6.20 Å². The number of aryl methyl sites for hydroxylation is 2. The molecule has 0 saturated carbocycles. The normalized spacial score (nSPS) is 10.8. The minimum absolute atomic E-state index is 0.264. The van der Waals surface area contributed by atoms with Crippen LogP contribution in [0.15, 0.2) is 36.5 Å². The van der Waals surface area contributed by atoms with Crippen molar-refractivity contribution in [2.75, 3.05) is 5.32 Å². The summed E-state index contributed by atoms with van der Waals surface area (Å²) in [5.74, 6) is 0.148. The maximum atomic E-state index is 12.5. The molecule has 0 fully saturated rings. The van der Waals surface area contributed by atoms with Gasteiger partial charge in [-0.25, -0.2) is 9.97 Å². The summed E-state index contributed by atoms with van der Waals surface area (Å²) in [5.41, 5.74) is 2.96. The number of nitrogens with one attached hydrogen (secondary N) is 1. The quantitative estimate of drug-likeness (QED) is 0.739. The Balaban J connectivity index is 2.02. The summed E-state index contributed by atoms with van der Waals surface area (Å²) in [6.07, 6.45) is 1.82. The molecular weight excluding hydrogens is 288 g/mol. The zero-order valence-electron chi connectivity index (χ0n) is 11.6. The van der Waals surface area contributed by atoms with E-state index in [1.807, 2.05) is 32.2 Å². The van der Waals surface area contributed by atoms with Crippen molar-refractivity contribution in [3.63, 3.8) is 0 Å². The molecule has 3 aromatic rings.